The number of furan rings is 1. The van der Waals surface area contributed by atoms with Gasteiger partial charge in [0.1, 0.15) is 5.75 Å². The average molecular weight is 486 g/mol. The fourth-order valence-electron chi connectivity index (χ4n) is 4.14. The van der Waals surface area contributed by atoms with Crippen molar-refractivity contribution in [1.82, 2.24) is 4.90 Å². The molecule has 3 aromatic rings. The normalized spacial score (nSPS) is 15.9. The van der Waals surface area contributed by atoms with Gasteiger partial charge in [0.2, 0.25) is 5.78 Å². The Kier molecular flexibility index (Phi) is 6.81. The standard InChI is InChI=1S/C25H24ClNO7/c1-31-9-5-8-27-21(14-6-4-7-17(11-14)32-2)20(23(29)25(27)30)22(28)18-12-15-10-16(26)13-19(33-3)24(15)34-18/h4,6-7,10-13,21,29H,5,8-9H2,1-3H3. The van der Waals surface area contributed by atoms with Crippen molar-refractivity contribution >= 4 is 34.3 Å². The number of benzene rings is 2. The Labute approximate surface area is 201 Å². The highest BCUT2D eigenvalue weighted by atomic mass is 35.5. The quantitative estimate of drug-likeness (QED) is 0.346. The molecule has 9 heteroatoms. The third-order valence-electron chi connectivity index (χ3n) is 5.70. The first-order valence-electron chi connectivity index (χ1n) is 10.6. The van der Waals surface area contributed by atoms with Crippen molar-refractivity contribution in [3.63, 3.8) is 0 Å². The van der Waals surface area contributed by atoms with E-state index in [9.17, 15) is 14.7 Å². The van der Waals surface area contributed by atoms with Gasteiger partial charge in [-0.25, -0.2) is 0 Å². The summed E-state index contributed by atoms with van der Waals surface area (Å²) in [5, 5.41) is 11.8. The Hall–Kier alpha value is -3.49. The zero-order valence-electron chi connectivity index (χ0n) is 19.0. The van der Waals surface area contributed by atoms with Gasteiger partial charge in [-0.05, 0) is 36.2 Å². The topological polar surface area (TPSA) is 98.4 Å². The molecular formula is C25H24ClNO7. The molecule has 4 rings (SSSR count). The predicted molar refractivity (Wildman–Crippen MR) is 126 cm³/mol. The number of aliphatic hydroxyl groups excluding tert-OH is 1. The van der Waals surface area contributed by atoms with Gasteiger partial charge in [0, 0.05) is 36.7 Å². The number of carbonyl (C=O) groups excluding carboxylic acids is 2. The van der Waals surface area contributed by atoms with Crippen LogP contribution >= 0.6 is 11.6 Å². The van der Waals surface area contributed by atoms with Crippen molar-refractivity contribution in [1.29, 1.82) is 0 Å². The minimum absolute atomic E-state index is 0.0449. The fraction of sp³-hybridized carbons (Fsp3) is 0.280. The number of rotatable bonds is 9. The number of Topliss-reactive ketones (excluding diaryl/α,β-unsaturated/α-hetero) is 1. The third-order valence-corrected chi connectivity index (χ3v) is 5.91. The molecule has 1 atom stereocenters. The van der Waals surface area contributed by atoms with Gasteiger partial charge in [0.15, 0.2) is 22.9 Å². The van der Waals surface area contributed by atoms with Gasteiger partial charge in [-0.2, -0.15) is 0 Å². The van der Waals surface area contributed by atoms with E-state index in [4.69, 9.17) is 30.2 Å². The summed E-state index contributed by atoms with van der Waals surface area (Å²) < 4.78 is 21.6. The molecule has 0 aliphatic carbocycles. The highest BCUT2D eigenvalue weighted by Crippen LogP contribution is 2.41. The summed E-state index contributed by atoms with van der Waals surface area (Å²) in [6.07, 6.45) is 0.526. The monoisotopic (exact) mass is 485 g/mol. The Morgan fingerprint density at radius 3 is 2.65 bits per heavy atom. The van der Waals surface area contributed by atoms with Crippen molar-refractivity contribution in [2.75, 3.05) is 34.5 Å². The first-order valence-corrected chi connectivity index (χ1v) is 11.0. The van der Waals surface area contributed by atoms with Crippen LogP contribution in [0.1, 0.15) is 28.6 Å². The van der Waals surface area contributed by atoms with Gasteiger partial charge in [-0.15, -0.1) is 0 Å². The number of ether oxygens (including phenoxy) is 3. The van der Waals surface area contributed by atoms with E-state index in [0.717, 1.165) is 0 Å². The Morgan fingerprint density at radius 1 is 1.15 bits per heavy atom. The second-order valence-electron chi connectivity index (χ2n) is 7.75. The van der Waals surface area contributed by atoms with Crippen LogP contribution in [0, 0.1) is 0 Å². The molecule has 2 aromatic carbocycles. The van der Waals surface area contributed by atoms with Crippen LogP contribution in [-0.4, -0.2) is 56.2 Å². The van der Waals surface area contributed by atoms with Crippen LogP contribution in [0.25, 0.3) is 11.0 Å². The lowest BCUT2D eigenvalue weighted by atomic mass is 9.94. The number of fused-ring (bicyclic) bond motifs is 1. The van der Waals surface area contributed by atoms with E-state index in [1.807, 2.05) is 0 Å². The number of ketones is 1. The molecule has 0 saturated carbocycles. The zero-order valence-corrected chi connectivity index (χ0v) is 19.7. The predicted octanol–water partition coefficient (Wildman–Crippen LogP) is 4.72. The van der Waals surface area contributed by atoms with Gasteiger partial charge >= 0.3 is 0 Å². The second-order valence-corrected chi connectivity index (χ2v) is 8.19. The maximum atomic E-state index is 13.7. The lowest BCUT2D eigenvalue weighted by Gasteiger charge is -2.26. The Bertz CT molecular complexity index is 1280. The fourth-order valence-corrected chi connectivity index (χ4v) is 4.35. The largest absolute Gasteiger partial charge is 0.503 e. The van der Waals surface area contributed by atoms with Crippen molar-refractivity contribution in [3.05, 3.63) is 70.1 Å². The summed E-state index contributed by atoms with van der Waals surface area (Å²) in [4.78, 5) is 28.1. The maximum Gasteiger partial charge on any atom is 0.290 e. The molecule has 0 saturated heterocycles. The zero-order chi connectivity index (χ0) is 24.4. The number of amides is 1. The van der Waals surface area contributed by atoms with Crippen LogP contribution < -0.4 is 9.47 Å². The molecule has 2 heterocycles. The van der Waals surface area contributed by atoms with Crippen molar-refractivity contribution in [3.8, 4) is 11.5 Å². The molecule has 1 N–H and O–H groups in total. The minimum atomic E-state index is -0.828. The van der Waals surface area contributed by atoms with Crippen LogP contribution in [0.3, 0.4) is 0 Å². The summed E-state index contributed by atoms with van der Waals surface area (Å²) in [5.41, 5.74) is 0.892. The van der Waals surface area contributed by atoms with Gasteiger partial charge in [0.05, 0.1) is 25.8 Å². The maximum absolute atomic E-state index is 13.7. The molecule has 1 unspecified atom stereocenters. The number of carbonyl (C=O) groups is 2. The van der Waals surface area contributed by atoms with Crippen molar-refractivity contribution in [2.24, 2.45) is 0 Å². The first-order chi connectivity index (χ1) is 16.4. The molecule has 0 fully saturated rings. The number of hydrogen-bond donors (Lipinski definition) is 1. The SMILES string of the molecule is COCCCN1C(=O)C(O)=C(C(=O)c2cc3cc(Cl)cc(OC)c3o2)C1c1cccc(OC)c1. The number of methoxy groups -OCH3 is 3. The van der Waals surface area contributed by atoms with Gasteiger partial charge in [-0.1, -0.05) is 23.7 Å². The van der Waals surface area contributed by atoms with E-state index < -0.39 is 23.5 Å². The van der Waals surface area contributed by atoms with Gasteiger partial charge < -0.3 is 28.6 Å². The molecule has 34 heavy (non-hydrogen) atoms. The summed E-state index contributed by atoms with van der Waals surface area (Å²) in [6, 6.07) is 10.9. The molecule has 1 aliphatic rings. The lowest BCUT2D eigenvalue weighted by molar-refractivity contribution is -0.129. The third kappa shape index (κ3) is 4.22. The number of aliphatic hydroxyl groups is 1. The Balaban J connectivity index is 1.80. The van der Waals surface area contributed by atoms with Crippen LogP contribution in [0.15, 0.2) is 58.2 Å². The highest BCUT2D eigenvalue weighted by Gasteiger charge is 2.44. The van der Waals surface area contributed by atoms with E-state index in [2.05, 4.69) is 0 Å². The molecule has 0 radical (unpaired) electrons. The second kappa shape index (κ2) is 9.79. The van der Waals surface area contributed by atoms with Crippen LogP contribution in [0.4, 0.5) is 0 Å². The molecule has 1 aromatic heterocycles. The number of halogens is 1. The smallest absolute Gasteiger partial charge is 0.290 e. The molecule has 178 valence electrons. The molecule has 0 spiro atoms. The molecule has 1 aliphatic heterocycles. The van der Waals surface area contributed by atoms with Crippen LogP contribution in [0.5, 0.6) is 11.5 Å². The van der Waals surface area contributed by atoms with E-state index in [0.29, 0.717) is 46.1 Å². The molecular weight excluding hydrogens is 462 g/mol. The summed E-state index contributed by atoms with van der Waals surface area (Å²) in [6.45, 7) is 0.696. The molecule has 8 nitrogen and oxygen atoms in total. The van der Waals surface area contributed by atoms with Crippen LogP contribution in [-0.2, 0) is 9.53 Å². The first kappa shape index (κ1) is 23.7. The summed E-state index contributed by atoms with van der Waals surface area (Å²) >= 11 is 6.14. The van der Waals surface area contributed by atoms with Gasteiger partial charge in [-0.3, -0.25) is 9.59 Å². The minimum Gasteiger partial charge on any atom is -0.503 e. The highest BCUT2D eigenvalue weighted by molar-refractivity contribution is 6.31. The van der Waals surface area contributed by atoms with E-state index >= 15 is 0 Å². The molecule has 1 amide bonds. The average Bonchev–Trinajstić information content (AvgIpc) is 3.37. The lowest BCUT2D eigenvalue weighted by Crippen LogP contribution is -2.32. The number of hydrogen-bond acceptors (Lipinski definition) is 7. The Morgan fingerprint density at radius 2 is 1.94 bits per heavy atom. The molecule has 0 bridgehead atoms. The van der Waals surface area contributed by atoms with Crippen LogP contribution in [0.2, 0.25) is 5.02 Å². The van der Waals surface area contributed by atoms with E-state index in [1.54, 1.807) is 43.5 Å². The van der Waals surface area contributed by atoms with E-state index in [-0.39, 0.29) is 17.9 Å². The summed E-state index contributed by atoms with van der Waals surface area (Å²) in [5.74, 6) is -0.973. The summed E-state index contributed by atoms with van der Waals surface area (Å²) in [7, 11) is 4.56. The number of nitrogens with zero attached hydrogens (tertiary/aromatic N) is 1. The van der Waals surface area contributed by atoms with Crippen molar-refractivity contribution < 1.29 is 33.3 Å². The van der Waals surface area contributed by atoms with E-state index in [1.165, 1.54) is 25.2 Å². The van der Waals surface area contributed by atoms with Gasteiger partial charge in [0.25, 0.3) is 5.91 Å². The van der Waals surface area contributed by atoms with Crippen molar-refractivity contribution in [2.45, 2.75) is 12.5 Å².